The number of anilines is 1. The second kappa shape index (κ2) is 5.88. The molecule has 21 heavy (non-hydrogen) atoms. The van der Waals surface area contributed by atoms with Crippen molar-refractivity contribution < 1.29 is 17.2 Å². The molecule has 1 aliphatic carbocycles. The first-order chi connectivity index (χ1) is 9.73. The van der Waals surface area contributed by atoms with Crippen LogP contribution in [-0.2, 0) is 10.0 Å². The molecule has 2 rings (SSSR count). The quantitative estimate of drug-likeness (QED) is 0.872. The number of rotatable bonds is 3. The Kier molecular flexibility index (Phi) is 4.53. The number of hydrogen-bond acceptors (Lipinski definition) is 3. The van der Waals surface area contributed by atoms with Crippen LogP contribution < -0.4 is 5.73 Å². The van der Waals surface area contributed by atoms with E-state index in [0.717, 1.165) is 31.7 Å². The molecule has 1 fully saturated rings. The highest BCUT2D eigenvalue weighted by Crippen LogP contribution is 2.31. The minimum atomic E-state index is -4.02. The summed E-state index contributed by atoms with van der Waals surface area (Å²) in [5, 5.41) is 0. The lowest BCUT2D eigenvalue weighted by Crippen LogP contribution is -2.40. The summed E-state index contributed by atoms with van der Waals surface area (Å²) in [5.74, 6) is -1.64. The van der Waals surface area contributed by atoms with Gasteiger partial charge in [0.15, 0.2) is 0 Å². The number of benzene rings is 1. The zero-order valence-corrected chi connectivity index (χ0v) is 13.0. The minimum absolute atomic E-state index is 0.163. The number of nitrogens with zero attached hydrogens (tertiary/aromatic N) is 1. The predicted molar refractivity (Wildman–Crippen MR) is 77.1 cm³/mol. The van der Waals surface area contributed by atoms with Crippen LogP contribution in [0.5, 0.6) is 0 Å². The molecule has 4 nitrogen and oxygen atoms in total. The average molecular weight is 318 g/mol. The molecule has 0 heterocycles. The summed E-state index contributed by atoms with van der Waals surface area (Å²) in [6, 6.07) is 1.20. The van der Waals surface area contributed by atoms with Crippen molar-refractivity contribution >= 4 is 15.7 Å². The van der Waals surface area contributed by atoms with Crippen LogP contribution >= 0.6 is 0 Å². The molecule has 2 atom stereocenters. The lowest BCUT2D eigenvalue weighted by Gasteiger charge is -2.33. The van der Waals surface area contributed by atoms with Gasteiger partial charge in [-0.15, -0.1) is 0 Å². The molecule has 2 unspecified atom stereocenters. The molecule has 118 valence electrons. The predicted octanol–water partition coefficient (Wildman–Crippen LogP) is 2.75. The molecule has 1 aromatic rings. The molecule has 0 saturated heterocycles. The summed E-state index contributed by atoms with van der Waals surface area (Å²) in [4.78, 5) is -0.567. The van der Waals surface area contributed by atoms with Crippen molar-refractivity contribution in [1.82, 2.24) is 4.31 Å². The van der Waals surface area contributed by atoms with Gasteiger partial charge in [-0.1, -0.05) is 19.8 Å². The van der Waals surface area contributed by atoms with Gasteiger partial charge in [-0.25, -0.2) is 17.2 Å². The van der Waals surface area contributed by atoms with E-state index in [1.165, 1.54) is 11.4 Å². The lowest BCUT2D eigenvalue weighted by molar-refractivity contribution is 0.238. The molecule has 0 amide bonds. The zero-order chi connectivity index (χ0) is 15.8. The van der Waals surface area contributed by atoms with Crippen molar-refractivity contribution in [2.45, 2.75) is 43.5 Å². The topological polar surface area (TPSA) is 63.4 Å². The Morgan fingerprint density at radius 1 is 1.24 bits per heavy atom. The summed E-state index contributed by atoms with van der Waals surface area (Å²) in [5.41, 5.74) is 4.99. The summed E-state index contributed by atoms with van der Waals surface area (Å²) < 4.78 is 53.3. The van der Waals surface area contributed by atoms with Gasteiger partial charge in [-0.2, -0.15) is 4.31 Å². The van der Waals surface area contributed by atoms with E-state index in [9.17, 15) is 17.2 Å². The van der Waals surface area contributed by atoms with Gasteiger partial charge in [-0.3, -0.25) is 0 Å². The normalized spacial score (nSPS) is 23.5. The smallest absolute Gasteiger partial charge is 0.246 e. The summed E-state index contributed by atoms with van der Waals surface area (Å²) in [6.45, 7) is 2.07. The molecule has 1 saturated carbocycles. The van der Waals surface area contributed by atoms with E-state index in [1.54, 1.807) is 0 Å². The van der Waals surface area contributed by atoms with Gasteiger partial charge in [0.1, 0.15) is 16.5 Å². The van der Waals surface area contributed by atoms with Gasteiger partial charge >= 0.3 is 0 Å². The van der Waals surface area contributed by atoms with Crippen molar-refractivity contribution in [2.75, 3.05) is 12.8 Å². The third kappa shape index (κ3) is 3.18. The zero-order valence-electron chi connectivity index (χ0n) is 12.1. The molecule has 0 radical (unpaired) electrons. The summed E-state index contributed by atoms with van der Waals surface area (Å²) in [6.07, 6.45) is 3.51. The molecule has 0 spiro atoms. The Morgan fingerprint density at radius 3 is 2.52 bits per heavy atom. The molecule has 1 aliphatic rings. The molecule has 0 bridgehead atoms. The fraction of sp³-hybridized carbons (Fsp3) is 0.571. The maximum absolute atomic E-state index is 13.8. The first-order valence-corrected chi connectivity index (χ1v) is 8.40. The van der Waals surface area contributed by atoms with Gasteiger partial charge in [0, 0.05) is 19.2 Å². The van der Waals surface area contributed by atoms with E-state index in [4.69, 9.17) is 5.73 Å². The van der Waals surface area contributed by atoms with E-state index in [2.05, 4.69) is 6.92 Å². The van der Waals surface area contributed by atoms with Crippen LogP contribution in [-0.4, -0.2) is 25.8 Å². The SMILES string of the molecule is CC1CCCC(N(C)S(=O)(=O)c2cc(N)c(F)cc2F)C1. The largest absolute Gasteiger partial charge is 0.396 e. The van der Waals surface area contributed by atoms with E-state index >= 15 is 0 Å². The summed E-state index contributed by atoms with van der Waals surface area (Å²) in [7, 11) is -2.58. The van der Waals surface area contributed by atoms with Crippen molar-refractivity contribution in [1.29, 1.82) is 0 Å². The Balaban J connectivity index is 2.35. The molecule has 1 aromatic carbocycles. The molecule has 2 N–H and O–H groups in total. The van der Waals surface area contributed by atoms with Gasteiger partial charge in [0.2, 0.25) is 10.0 Å². The van der Waals surface area contributed by atoms with Crippen LogP contribution in [0.2, 0.25) is 0 Å². The monoisotopic (exact) mass is 318 g/mol. The molecular formula is C14H20F2N2O2S. The van der Waals surface area contributed by atoms with Crippen LogP contribution in [0.1, 0.15) is 32.6 Å². The van der Waals surface area contributed by atoms with E-state index in [0.29, 0.717) is 12.0 Å². The number of halogens is 2. The maximum atomic E-state index is 13.8. The van der Waals surface area contributed by atoms with Crippen LogP contribution in [0, 0.1) is 17.6 Å². The van der Waals surface area contributed by atoms with Crippen LogP contribution in [0.4, 0.5) is 14.5 Å². The van der Waals surface area contributed by atoms with E-state index in [1.807, 2.05) is 0 Å². The van der Waals surface area contributed by atoms with Crippen molar-refractivity contribution in [3.63, 3.8) is 0 Å². The van der Waals surface area contributed by atoms with Crippen LogP contribution in [0.3, 0.4) is 0 Å². The lowest BCUT2D eigenvalue weighted by atomic mass is 9.87. The third-order valence-electron chi connectivity index (χ3n) is 4.13. The number of nitrogen functional groups attached to an aromatic ring is 1. The van der Waals surface area contributed by atoms with Crippen LogP contribution in [0.25, 0.3) is 0 Å². The molecule has 0 aliphatic heterocycles. The summed E-state index contributed by atoms with van der Waals surface area (Å²) >= 11 is 0. The van der Waals surface area contributed by atoms with E-state index < -0.39 is 26.6 Å². The third-order valence-corrected chi connectivity index (χ3v) is 6.06. The number of sulfonamides is 1. The highest BCUT2D eigenvalue weighted by atomic mass is 32.2. The second-order valence-electron chi connectivity index (χ2n) is 5.75. The average Bonchev–Trinajstić information content (AvgIpc) is 2.41. The molecular weight excluding hydrogens is 298 g/mol. The highest BCUT2D eigenvalue weighted by Gasteiger charge is 2.33. The van der Waals surface area contributed by atoms with Gasteiger partial charge in [0.25, 0.3) is 0 Å². The Labute approximate surface area is 124 Å². The van der Waals surface area contributed by atoms with Gasteiger partial charge in [0.05, 0.1) is 5.69 Å². The first kappa shape index (κ1) is 16.2. The Hall–Kier alpha value is -1.21. The van der Waals surface area contributed by atoms with Crippen LogP contribution in [0.15, 0.2) is 17.0 Å². The number of hydrogen-bond donors (Lipinski definition) is 1. The molecule has 0 aromatic heterocycles. The Bertz CT molecular complexity index is 634. The fourth-order valence-corrected chi connectivity index (χ4v) is 4.30. The highest BCUT2D eigenvalue weighted by molar-refractivity contribution is 7.89. The minimum Gasteiger partial charge on any atom is -0.396 e. The Morgan fingerprint density at radius 2 is 1.90 bits per heavy atom. The van der Waals surface area contributed by atoms with Crippen molar-refractivity contribution in [2.24, 2.45) is 5.92 Å². The van der Waals surface area contributed by atoms with Gasteiger partial charge in [-0.05, 0) is 24.8 Å². The van der Waals surface area contributed by atoms with Crippen molar-refractivity contribution in [3.05, 3.63) is 23.8 Å². The standard InChI is InChI=1S/C14H20F2N2O2S/c1-9-4-3-5-10(6-9)18(2)21(19,20)14-8-13(17)11(15)7-12(14)16/h7-10H,3-6,17H2,1-2H3. The maximum Gasteiger partial charge on any atom is 0.246 e. The van der Waals surface area contributed by atoms with Gasteiger partial charge < -0.3 is 5.73 Å². The molecule has 7 heteroatoms. The first-order valence-electron chi connectivity index (χ1n) is 6.96. The number of nitrogens with two attached hydrogens (primary N) is 1. The van der Waals surface area contributed by atoms with Crippen molar-refractivity contribution in [3.8, 4) is 0 Å². The second-order valence-corrected chi connectivity index (χ2v) is 7.72. The van der Waals surface area contributed by atoms with E-state index in [-0.39, 0.29) is 11.7 Å². The fourth-order valence-electron chi connectivity index (χ4n) is 2.83.